The van der Waals surface area contributed by atoms with Gasteiger partial charge in [-0.3, -0.25) is 4.79 Å². The Bertz CT molecular complexity index is 682. The first-order chi connectivity index (χ1) is 13.2. The van der Waals surface area contributed by atoms with Crippen molar-refractivity contribution in [1.29, 1.82) is 0 Å². The topological polar surface area (TPSA) is 59.0 Å². The van der Waals surface area contributed by atoms with Gasteiger partial charge in [0, 0.05) is 25.9 Å². The molecule has 1 saturated heterocycles. The third kappa shape index (κ3) is 4.60. The summed E-state index contributed by atoms with van der Waals surface area (Å²) in [5, 5.41) is 10.7. The number of nitrogens with zero attached hydrogens (tertiary/aromatic N) is 1. The number of carbonyl (C=O) groups is 1. The number of aliphatic hydroxyl groups is 1. The summed E-state index contributed by atoms with van der Waals surface area (Å²) < 4.78 is 45.8. The van der Waals surface area contributed by atoms with Crippen molar-refractivity contribution in [2.24, 2.45) is 5.41 Å². The molecule has 0 unspecified atom stereocenters. The normalized spacial score (nSPS) is 28.2. The zero-order chi connectivity index (χ0) is 20.4. The van der Waals surface area contributed by atoms with Gasteiger partial charge in [-0.25, -0.2) is 0 Å². The molecular formula is C20H26F3NO4. The van der Waals surface area contributed by atoms with Crippen LogP contribution in [0.15, 0.2) is 24.3 Å². The van der Waals surface area contributed by atoms with Crippen LogP contribution in [0.1, 0.15) is 44.9 Å². The SMILES string of the molecule is COCCC[C@]1(O)CC[C@@]2(CCN(c3ccc(OC(F)(F)F)cc3)C2=O)CC1. The molecule has 5 nitrogen and oxygen atoms in total. The minimum Gasteiger partial charge on any atom is -0.406 e. The lowest BCUT2D eigenvalue weighted by molar-refractivity contribution is -0.274. The molecule has 1 heterocycles. The summed E-state index contributed by atoms with van der Waals surface area (Å²) in [6.07, 6.45) is -0.189. The van der Waals surface area contributed by atoms with Gasteiger partial charge in [-0.1, -0.05) is 0 Å². The maximum Gasteiger partial charge on any atom is 0.573 e. The summed E-state index contributed by atoms with van der Waals surface area (Å²) in [7, 11) is 1.63. The number of ether oxygens (including phenoxy) is 2. The van der Waals surface area contributed by atoms with E-state index in [0.717, 1.165) is 6.42 Å². The molecule has 0 atom stereocenters. The average molecular weight is 401 g/mol. The number of halogens is 3. The molecule has 1 aromatic carbocycles. The number of hydrogen-bond donors (Lipinski definition) is 1. The first-order valence-corrected chi connectivity index (χ1v) is 9.56. The molecular weight excluding hydrogens is 375 g/mol. The lowest BCUT2D eigenvalue weighted by Gasteiger charge is -2.41. The number of methoxy groups -OCH3 is 1. The highest BCUT2D eigenvalue weighted by molar-refractivity contribution is 6.00. The third-order valence-electron chi connectivity index (χ3n) is 6.02. The van der Waals surface area contributed by atoms with Crippen LogP contribution in [0.5, 0.6) is 5.75 Å². The Morgan fingerprint density at radius 1 is 1.11 bits per heavy atom. The Labute approximate surface area is 162 Å². The molecule has 1 N–H and O–H groups in total. The van der Waals surface area contributed by atoms with Gasteiger partial charge >= 0.3 is 6.36 Å². The molecule has 156 valence electrons. The van der Waals surface area contributed by atoms with Crippen LogP contribution in [0.2, 0.25) is 0 Å². The Morgan fingerprint density at radius 3 is 2.32 bits per heavy atom. The van der Waals surface area contributed by atoms with E-state index < -0.39 is 17.4 Å². The fourth-order valence-corrected chi connectivity index (χ4v) is 4.35. The summed E-state index contributed by atoms with van der Waals surface area (Å²) in [5.74, 6) is -0.313. The molecule has 1 spiro atoms. The fraction of sp³-hybridized carbons (Fsp3) is 0.650. The van der Waals surface area contributed by atoms with E-state index in [1.807, 2.05) is 0 Å². The highest BCUT2D eigenvalue weighted by Gasteiger charge is 2.51. The average Bonchev–Trinajstić information content (AvgIpc) is 2.95. The number of hydrogen-bond acceptors (Lipinski definition) is 4. The number of amides is 1. The van der Waals surface area contributed by atoms with E-state index in [2.05, 4.69) is 4.74 Å². The molecule has 28 heavy (non-hydrogen) atoms. The van der Waals surface area contributed by atoms with Crippen molar-refractivity contribution in [3.05, 3.63) is 24.3 Å². The molecule has 2 aliphatic rings. The van der Waals surface area contributed by atoms with Crippen molar-refractivity contribution in [3.63, 3.8) is 0 Å². The molecule has 0 aromatic heterocycles. The Morgan fingerprint density at radius 2 is 1.75 bits per heavy atom. The van der Waals surface area contributed by atoms with Crippen LogP contribution in [0.25, 0.3) is 0 Å². The van der Waals surface area contributed by atoms with Crippen LogP contribution in [-0.2, 0) is 9.53 Å². The first-order valence-electron chi connectivity index (χ1n) is 9.56. The molecule has 0 bridgehead atoms. The monoisotopic (exact) mass is 401 g/mol. The highest BCUT2D eigenvalue weighted by Crippen LogP contribution is 2.49. The van der Waals surface area contributed by atoms with E-state index in [0.29, 0.717) is 57.4 Å². The predicted octanol–water partition coefficient (Wildman–Crippen LogP) is 4.04. The summed E-state index contributed by atoms with van der Waals surface area (Å²) in [6.45, 7) is 1.13. The van der Waals surface area contributed by atoms with Crippen molar-refractivity contribution in [1.82, 2.24) is 0 Å². The molecule has 1 aliphatic heterocycles. The van der Waals surface area contributed by atoms with Crippen LogP contribution < -0.4 is 9.64 Å². The number of anilines is 1. The summed E-state index contributed by atoms with van der Waals surface area (Å²) in [4.78, 5) is 14.7. The third-order valence-corrected chi connectivity index (χ3v) is 6.02. The zero-order valence-corrected chi connectivity index (χ0v) is 15.9. The van der Waals surface area contributed by atoms with E-state index in [1.54, 1.807) is 12.0 Å². The van der Waals surface area contributed by atoms with Crippen LogP contribution in [0.4, 0.5) is 18.9 Å². The van der Waals surface area contributed by atoms with Crippen LogP contribution >= 0.6 is 0 Å². The standard InChI is InChI=1S/C20H26F3NO4/c1-27-14-2-7-19(26)10-8-18(9-11-19)12-13-24(17(18)25)15-3-5-16(6-4-15)28-20(21,22)23/h3-6,26H,2,7-14H2,1H3/t18-,19-. The molecule has 8 heteroatoms. The number of carbonyl (C=O) groups excluding carboxylic acids is 1. The fourth-order valence-electron chi connectivity index (χ4n) is 4.35. The maximum atomic E-state index is 13.1. The second kappa shape index (κ2) is 7.91. The number of rotatable bonds is 6. The summed E-state index contributed by atoms with van der Waals surface area (Å²) in [5.41, 5.74) is -0.653. The second-order valence-electron chi connectivity index (χ2n) is 7.85. The summed E-state index contributed by atoms with van der Waals surface area (Å²) in [6, 6.07) is 5.39. The van der Waals surface area contributed by atoms with Gasteiger partial charge in [-0.2, -0.15) is 0 Å². The molecule has 3 rings (SSSR count). The van der Waals surface area contributed by atoms with Crippen LogP contribution in [-0.4, -0.2) is 43.2 Å². The van der Waals surface area contributed by atoms with Gasteiger partial charge in [0.1, 0.15) is 5.75 Å². The molecule has 1 aromatic rings. The zero-order valence-electron chi connectivity index (χ0n) is 15.9. The minimum absolute atomic E-state index is 0.00377. The van der Waals surface area contributed by atoms with E-state index in [1.165, 1.54) is 24.3 Å². The molecule has 1 aliphatic carbocycles. The van der Waals surface area contributed by atoms with Gasteiger partial charge in [-0.15, -0.1) is 13.2 Å². The van der Waals surface area contributed by atoms with Gasteiger partial charge in [-0.05, 0) is 69.2 Å². The van der Waals surface area contributed by atoms with E-state index in [9.17, 15) is 23.1 Å². The number of benzene rings is 1. The van der Waals surface area contributed by atoms with Gasteiger partial charge in [0.05, 0.1) is 11.0 Å². The molecule has 2 fully saturated rings. The lowest BCUT2D eigenvalue weighted by Crippen LogP contribution is -2.43. The Hall–Kier alpha value is -1.80. The first kappa shape index (κ1) is 20.9. The summed E-state index contributed by atoms with van der Waals surface area (Å²) >= 11 is 0. The second-order valence-corrected chi connectivity index (χ2v) is 7.85. The lowest BCUT2D eigenvalue weighted by atomic mass is 9.66. The van der Waals surface area contributed by atoms with E-state index in [4.69, 9.17) is 4.74 Å². The highest BCUT2D eigenvalue weighted by atomic mass is 19.4. The van der Waals surface area contributed by atoms with E-state index in [-0.39, 0.29) is 11.7 Å². The van der Waals surface area contributed by atoms with Gasteiger partial charge < -0.3 is 19.5 Å². The largest absolute Gasteiger partial charge is 0.573 e. The quantitative estimate of drug-likeness (QED) is 0.731. The van der Waals surface area contributed by atoms with Crippen LogP contribution in [0, 0.1) is 5.41 Å². The molecule has 1 amide bonds. The Balaban J connectivity index is 1.62. The van der Waals surface area contributed by atoms with Crippen molar-refractivity contribution < 1.29 is 32.5 Å². The van der Waals surface area contributed by atoms with Crippen molar-refractivity contribution in [3.8, 4) is 5.75 Å². The minimum atomic E-state index is -4.74. The predicted molar refractivity (Wildman–Crippen MR) is 97.1 cm³/mol. The van der Waals surface area contributed by atoms with Crippen molar-refractivity contribution in [2.75, 3.05) is 25.2 Å². The Kier molecular flexibility index (Phi) is 5.91. The van der Waals surface area contributed by atoms with Gasteiger partial charge in [0.25, 0.3) is 0 Å². The van der Waals surface area contributed by atoms with Crippen molar-refractivity contribution >= 4 is 11.6 Å². The number of alkyl halides is 3. The van der Waals surface area contributed by atoms with E-state index >= 15 is 0 Å². The maximum absolute atomic E-state index is 13.1. The van der Waals surface area contributed by atoms with Gasteiger partial charge in [0.15, 0.2) is 0 Å². The van der Waals surface area contributed by atoms with Crippen molar-refractivity contribution in [2.45, 2.75) is 56.9 Å². The smallest absolute Gasteiger partial charge is 0.406 e. The van der Waals surface area contributed by atoms with Gasteiger partial charge in [0.2, 0.25) is 5.91 Å². The molecule has 0 radical (unpaired) electrons. The molecule has 1 saturated carbocycles. The van der Waals surface area contributed by atoms with Crippen LogP contribution in [0.3, 0.4) is 0 Å².